The van der Waals surface area contributed by atoms with Crippen LogP contribution in [0.5, 0.6) is 0 Å². The van der Waals surface area contributed by atoms with Gasteiger partial charge in [0.05, 0.1) is 5.69 Å². The van der Waals surface area contributed by atoms with Crippen LogP contribution in [0.3, 0.4) is 0 Å². The van der Waals surface area contributed by atoms with Crippen LogP contribution in [0, 0.1) is 18.4 Å². The van der Waals surface area contributed by atoms with E-state index in [1.165, 1.54) is 0 Å². The Morgan fingerprint density at radius 2 is 2.27 bits per heavy atom. The highest BCUT2D eigenvalue weighted by atomic mass is 79.9. The van der Waals surface area contributed by atoms with E-state index in [-0.39, 0.29) is 0 Å². The van der Waals surface area contributed by atoms with Gasteiger partial charge in [0.2, 0.25) is 0 Å². The normalized spacial score (nSPS) is 8.82. The minimum atomic E-state index is 0.813. The van der Waals surface area contributed by atoms with E-state index < -0.39 is 0 Å². The Kier molecular flexibility index (Phi) is 2.50. The Bertz CT molecular complexity index is 301. The summed E-state index contributed by atoms with van der Waals surface area (Å²) in [6, 6.07) is 5.80. The lowest BCUT2D eigenvalue weighted by Crippen LogP contribution is -1.88. The summed E-state index contributed by atoms with van der Waals surface area (Å²) in [5.41, 5.74) is 1.94. The molecule has 1 aromatic carbocycles. The van der Waals surface area contributed by atoms with Gasteiger partial charge in [0.1, 0.15) is 0 Å². The van der Waals surface area contributed by atoms with Gasteiger partial charge < -0.3 is 0 Å². The van der Waals surface area contributed by atoms with Crippen molar-refractivity contribution in [3.8, 4) is 6.19 Å². The second-order valence-corrected chi connectivity index (χ2v) is 3.07. The monoisotopic (exact) mass is 210 g/mol. The first-order chi connectivity index (χ1) is 5.24. The molecule has 0 radical (unpaired) electrons. The predicted octanol–water partition coefficient (Wildman–Crippen LogP) is 2.65. The summed E-state index contributed by atoms with van der Waals surface area (Å²) >= 11 is 3.32. The highest BCUT2D eigenvalue weighted by molar-refractivity contribution is 9.10. The van der Waals surface area contributed by atoms with Crippen molar-refractivity contribution < 1.29 is 0 Å². The van der Waals surface area contributed by atoms with Crippen LogP contribution in [0.15, 0.2) is 22.7 Å². The Hall–Kier alpha value is -1.01. The van der Waals surface area contributed by atoms with E-state index in [4.69, 9.17) is 5.26 Å². The molecular weight excluding hydrogens is 204 g/mol. The van der Waals surface area contributed by atoms with Crippen molar-refractivity contribution >= 4 is 21.6 Å². The van der Waals surface area contributed by atoms with Gasteiger partial charge in [-0.25, -0.2) is 0 Å². The standard InChI is InChI=1S/C8H7BrN2/c1-6-2-3-7(9)8(4-6)11-5-10/h2-4,11H,1H3. The molecule has 0 fully saturated rings. The summed E-state index contributed by atoms with van der Waals surface area (Å²) in [6.07, 6.45) is 1.87. The van der Waals surface area contributed by atoms with Crippen LogP contribution < -0.4 is 5.32 Å². The molecule has 0 heterocycles. The van der Waals surface area contributed by atoms with Crippen LogP contribution in [0.25, 0.3) is 0 Å². The fraction of sp³-hybridized carbons (Fsp3) is 0.125. The third-order valence-corrected chi connectivity index (χ3v) is 2.00. The molecule has 0 amide bonds. The molecular formula is C8H7BrN2. The van der Waals surface area contributed by atoms with Gasteiger partial charge in [-0.15, -0.1) is 0 Å². The summed E-state index contributed by atoms with van der Waals surface area (Å²) in [6.45, 7) is 1.98. The first kappa shape index (κ1) is 8.09. The van der Waals surface area contributed by atoms with E-state index in [2.05, 4.69) is 21.2 Å². The molecule has 1 aromatic rings. The summed E-state index contributed by atoms with van der Waals surface area (Å²) < 4.78 is 0.907. The van der Waals surface area contributed by atoms with Gasteiger partial charge in [-0.2, -0.15) is 5.26 Å². The van der Waals surface area contributed by atoms with Gasteiger partial charge in [-0.05, 0) is 40.5 Å². The number of benzene rings is 1. The van der Waals surface area contributed by atoms with Crippen molar-refractivity contribution in [1.82, 2.24) is 0 Å². The number of nitrogens with one attached hydrogen (secondary N) is 1. The average Bonchev–Trinajstić information content (AvgIpc) is 1.98. The van der Waals surface area contributed by atoms with Crippen LogP contribution in [0.1, 0.15) is 5.56 Å². The fourth-order valence-electron chi connectivity index (χ4n) is 0.795. The first-order valence-corrected chi connectivity index (χ1v) is 3.94. The molecule has 0 aliphatic heterocycles. The Labute approximate surface area is 74.0 Å². The molecule has 11 heavy (non-hydrogen) atoms. The van der Waals surface area contributed by atoms with E-state index in [0.29, 0.717) is 0 Å². The van der Waals surface area contributed by atoms with E-state index in [9.17, 15) is 0 Å². The molecule has 0 unspecified atom stereocenters. The van der Waals surface area contributed by atoms with Crippen LogP contribution in [0.2, 0.25) is 0 Å². The van der Waals surface area contributed by atoms with Gasteiger partial charge in [0.15, 0.2) is 6.19 Å². The number of aryl methyl sites for hydroxylation is 1. The second-order valence-electron chi connectivity index (χ2n) is 2.22. The zero-order valence-electron chi connectivity index (χ0n) is 6.06. The maximum atomic E-state index is 8.35. The van der Waals surface area contributed by atoms with Crippen molar-refractivity contribution in [1.29, 1.82) is 5.26 Å². The quantitative estimate of drug-likeness (QED) is 0.572. The lowest BCUT2D eigenvalue weighted by molar-refractivity contribution is 1.42. The van der Waals surface area contributed by atoms with Crippen molar-refractivity contribution in [2.75, 3.05) is 5.32 Å². The van der Waals surface area contributed by atoms with Crippen molar-refractivity contribution in [2.24, 2.45) is 0 Å². The number of nitriles is 1. The topological polar surface area (TPSA) is 35.8 Å². The molecule has 1 N–H and O–H groups in total. The number of rotatable bonds is 1. The van der Waals surface area contributed by atoms with Gasteiger partial charge in [-0.1, -0.05) is 6.07 Å². The van der Waals surface area contributed by atoms with E-state index in [0.717, 1.165) is 15.7 Å². The fourth-order valence-corrected chi connectivity index (χ4v) is 1.14. The summed E-state index contributed by atoms with van der Waals surface area (Å²) in [7, 11) is 0. The molecule has 0 aliphatic rings. The summed E-state index contributed by atoms with van der Waals surface area (Å²) in [5.74, 6) is 0. The third kappa shape index (κ3) is 1.95. The second kappa shape index (κ2) is 3.40. The van der Waals surface area contributed by atoms with E-state index in [1.807, 2.05) is 31.3 Å². The van der Waals surface area contributed by atoms with Crippen LogP contribution >= 0.6 is 15.9 Å². The van der Waals surface area contributed by atoms with E-state index >= 15 is 0 Å². The van der Waals surface area contributed by atoms with Crippen LogP contribution in [-0.4, -0.2) is 0 Å². The molecule has 0 aliphatic carbocycles. The molecule has 56 valence electrons. The molecule has 1 rings (SSSR count). The molecule has 2 nitrogen and oxygen atoms in total. The Morgan fingerprint density at radius 3 is 2.91 bits per heavy atom. The number of nitrogens with zero attached hydrogens (tertiary/aromatic N) is 1. The number of halogens is 1. The van der Waals surface area contributed by atoms with E-state index in [1.54, 1.807) is 0 Å². The highest BCUT2D eigenvalue weighted by Crippen LogP contribution is 2.22. The van der Waals surface area contributed by atoms with Crippen LogP contribution in [0.4, 0.5) is 5.69 Å². The minimum Gasteiger partial charge on any atom is -0.292 e. The van der Waals surface area contributed by atoms with Gasteiger partial charge >= 0.3 is 0 Å². The maximum absolute atomic E-state index is 8.35. The SMILES string of the molecule is Cc1ccc(Br)c(NC#N)c1. The number of hydrogen-bond donors (Lipinski definition) is 1. The van der Waals surface area contributed by atoms with Gasteiger partial charge in [-0.3, -0.25) is 5.32 Å². The predicted molar refractivity (Wildman–Crippen MR) is 48.1 cm³/mol. The molecule has 0 saturated carbocycles. The average molecular weight is 211 g/mol. The molecule has 0 saturated heterocycles. The lowest BCUT2D eigenvalue weighted by Gasteiger charge is -2.01. The summed E-state index contributed by atoms with van der Waals surface area (Å²) in [5, 5.41) is 10.9. The Balaban J connectivity index is 3.05. The van der Waals surface area contributed by atoms with Crippen LogP contribution in [-0.2, 0) is 0 Å². The minimum absolute atomic E-state index is 0.813. The summed E-state index contributed by atoms with van der Waals surface area (Å²) in [4.78, 5) is 0. The van der Waals surface area contributed by atoms with Crippen molar-refractivity contribution in [3.05, 3.63) is 28.2 Å². The van der Waals surface area contributed by atoms with Gasteiger partial charge in [0.25, 0.3) is 0 Å². The van der Waals surface area contributed by atoms with Gasteiger partial charge in [0, 0.05) is 4.47 Å². The smallest absolute Gasteiger partial charge is 0.181 e. The largest absolute Gasteiger partial charge is 0.292 e. The molecule has 0 bridgehead atoms. The number of hydrogen-bond acceptors (Lipinski definition) is 2. The first-order valence-electron chi connectivity index (χ1n) is 3.15. The molecule has 0 spiro atoms. The highest BCUT2D eigenvalue weighted by Gasteiger charge is 1.96. The number of anilines is 1. The van der Waals surface area contributed by atoms with Crippen molar-refractivity contribution in [3.63, 3.8) is 0 Å². The maximum Gasteiger partial charge on any atom is 0.181 e. The zero-order valence-corrected chi connectivity index (χ0v) is 7.64. The lowest BCUT2D eigenvalue weighted by atomic mass is 10.2. The molecule has 0 atom stereocenters. The zero-order chi connectivity index (χ0) is 8.27. The Morgan fingerprint density at radius 1 is 1.55 bits per heavy atom. The molecule has 0 aromatic heterocycles. The van der Waals surface area contributed by atoms with Crippen molar-refractivity contribution in [2.45, 2.75) is 6.92 Å². The third-order valence-electron chi connectivity index (χ3n) is 1.31. The molecule has 3 heteroatoms.